The third-order valence-electron chi connectivity index (χ3n) is 5.10. The summed E-state index contributed by atoms with van der Waals surface area (Å²) in [6.45, 7) is 0.185. The number of hydrogen-bond donors (Lipinski definition) is 5. The number of aryl methyl sites for hydroxylation is 1. The summed E-state index contributed by atoms with van der Waals surface area (Å²) in [4.78, 5) is 38.7. The van der Waals surface area contributed by atoms with E-state index in [1.165, 1.54) is 12.1 Å². The Kier molecular flexibility index (Phi) is 7.44. The molecule has 1 heterocycles. The summed E-state index contributed by atoms with van der Waals surface area (Å²) in [5.41, 5.74) is 2.96. The van der Waals surface area contributed by atoms with Crippen LogP contribution in [0.4, 0.5) is 14.0 Å². The number of benzene rings is 2. The molecule has 3 rings (SSSR count). The van der Waals surface area contributed by atoms with Crippen LogP contribution < -0.4 is 16.0 Å². The Hall–Kier alpha value is -4.15. The van der Waals surface area contributed by atoms with Crippen LogP contribution in [0.15, 0.2) is 42.5 Å². The Labute approximate surface area is 188 Å². The van der Waals surface area contributed by atoms with Gasteiger partial charge in [-0.15, -0.1) is 0 Å². The number of fused-ring (bicyclic) bond motifs is 1. The molecule has 0 spiro atoms. The van der Waals surface area contributed by atoms with E-state index in [0.717, 1.165) is 16.6 Å². The molecular formula is C22H24FN5O5. The van der Waals surface area contributed by atoms with E-state index < -0.39 is 24.1 Å². The molecule has 1 aromatic heterocycles. The van der Waals surface area contributed by atoms with E-state index in [2.05, 4.69) is 20.9 Å². The zero-order valence-electron chi connectivity index (χ0n) is 17.8. The minimum absolute atomic E-state index is 0.0161. The van der Waals surface area contributed by atoms with Gasteiger partial charge < -0.3 is 30.7 Å². The van der Waals surface area contributed by atoms with Gasteiger partial charge in [-0.1, -0.05) is 18.2 Å². The minimum Gasteiger partial charge on any atom is -0.465 e. The van der Waals surface area contributed by atoms with Crippen molar-refractivity contribution in [2.24, 2.45) is 7.05 Å². The molecule has 0 aliphatic carbocycles. The van der Waals surface area contributed by atoms with Crippen molar-refractivity contribution < 1.29 is 29.0 Å². The monoisotopic (exact) mass is 457 g/mol. The zero-order valence-corrected chi connectivity index (χ0v) is 17.8. The number of hydrogen-bond acceptors (Lipinski definition) is 4. The van der Waals surface area contributed by atoms with Crippen LogP contribution in [0, 0.1) is 5.82 Å². The van der Waals surface area contributed by atoms with Crippen molar-refractivity contribution in [2.75, 3.05) is 13.1 Å². The summed E-state index contributed by atoms with van der Waals surface area (Å²) in [6.07, 6.45) is -1.67. The summed E-state index contributed by atoms with van der Waals surface area (Å²) in [5.74, 6) is -0.647. The fraction of sp³-hybridized carbons (Fsp3) is 0.273. The number of carbonyl (C=O) groups excluding carboxylic acids is 1. The molecular weight excluding hydrogens is 433 g/mol. The summed E-state index contributed by atoms with van der Waals surface area (Å²) < 4.78 is 14.8. The SMILES string of the molecule is Cn1c(C(=O)NCC(CCCNC(=O)O)NC(=O)O)nc2cc(-c3ccc(F)cc3)ccc21. The first kappa shape index (κ1) is 23.5. The highest BCUT2D eigenvalue weighted by atomic mass is 19.1. The van der Waals surface area contributed by atoms with Gasteiger partial charge in [-0.3, -0.25) is 4.79 Å². The first-order chi connectivity index (χ1) is 15.7. The van der Waals surface area contributed by atoms with Crippen molar-refractivity contribution in [1.82, 2.24) is 25.5 Å². The maximum Gasteiger partial charge on any atom is 0.404 e. The van der Waals surface area contributed by atoms with E-state index in [-0.39, 0.29) is 24.7 Å². The normalized spacial score (nSPS) is 11.7. The number of nitrogens with zero attached hydrogens (tertiary/aromatic N) is 2. The average Bonchev–Trinajstić information content (AvgIpc) is 3.10. The molecule has 2 aromatic carbocycles. The first-order valence-electron chi connectivity index (χ1n) is 10.2. The lowest BCUT2D eigenvalue weighted by Crippen LogP contribution is -2.44. The van der Waals surface area contributed by atoms with Gasteiger partial charge in [-0.05, 0) is 48.2 Å². The maximum atomic E-state index is 13.2. The third kappa shape index (κ3) is 6.19. The molecule has 0 saturated heterocycles. The standard InChI is InChI=1S/C22H24FN5O5/c1-28-18-9-6-14(13-4-7-15(23)8-5-13)11-17(18)27-19(28)20(29)25-12-16(26-22(32)33)3-2-10-24-21(30)31/h4-9,11,16,24,26H,2-3,10,12H2,1H3,(H,25,29)(H,30,31)(H,32,33). The van der Waals surface area contributed by atoms with Gasteiger partial charge in [0.15, 0.2) is 5.82 Å². The maximum absolute atomic E-state index is 13.2. The van der Waals surface area contributed by atoms with Crippen LogP contribution in [0.3, 0.4) is 0 Å². The second kappa shape index (κ2) is 10.4. The van der Waals surface area contributed by atoms with Crippen LogP contribution in [0.2, 0.25) is 0 Å². The van der Waals surface area contributed by atoms with Crippen molar-refractivity contribution in [1.29, 1.82) is 0 Å². The smallest absolute Gasteiger partial charge is 0.404 e. The van der Waals surface area contributed by atoms with Crippen molar-refractivity contribution in [3.8, 4) is 11.1 Å². The van der Waals surface area contributed by atoms with Gasteiger partial charge in [-0.25, -0.2) is 19.0 Å². The van der Waals surface area contributed by atoms with Crippen LogP contribution in [-0.4, -0.2) is 57.0 Å². The molecule has 0 fully saturated rings. The van der Waals surface area contributed by atoms with E-state index in [4.69, 9.17) is 10.2 Å². The number of carboxylic acid groups (broad SMARTS) is 2. The van der Waals surface area contributed by atoms with Crippen LogP contribution >= 0.6 is 0 Å². The molecule has 5 N–H and O–H groups in total. The molecule has 0 aliphatic heterocycles. The lowest BCUT2D eigenvalue weighted by Gasteiger charge is -2.17. The number of nitrogens with one attached hydrogen (secondary N) is 3. The van der Waals surface area contributed by atoms with E-state index in [9.17, 15) is 18.8 Å². The Morgan fingerprint density at radius 1 is 1.03 bits per heavy atom. The lowest BCUT2D eigenvalue weighted by molar-refractivity contribution is 0.0934. The Bertz CT molecular complexity index is 1160. The van der Waals surface area contributed by atoms with Gasteiger partial charge in [0.05, 0.1) is 11.0 Å². The molecule has 0 aliphatic rings. The second-order valence-electron chi connectivity index (χ2n) is 7.44. The predicted molar refractivity (Wildman–Crippen MR) is 119 cm³/mol. The average molecular weight is 457 g/mol. The van der Waals surface area contributed by atoms with Crippen molar-refractivity contribution in [2.45, 2.75) is 18.9 Å². The highest BCUT2D eigenvalue weighted by Gasteiger charge is 2.18. The number of imidazole rings is 1. The molecule has 0 bridgehead atoms. The van der Waals surface area contributed by atoms with Crippen molar-refractivity contribution in [3.63, 3.8) is 0 Å². The number of halogens is 1. The van der Waals surface area contributed by atoms with Gasteiger partial charge in [0.1, 0.15) is 5.82 Å². The van der Waals surface area contributed by atoms with E-state index in [1.54, 1.807) is 23.7 Å². The van der Waals surface area contributed by atoms with E-state index in [1.807, 2.05) is 18.2 Å². The third-order valence-corrected chi connectivity index (χ3v) is 5.10. The molecule has 0 saturated carbocycles. The van der Waals surface area contributed by atoms with Crippen LogP contribution in [-0.2, 0) is 7.05 Å². The first-order valence-corrected chi connectivity index (χ1v) is 10.2. The van der Waals surface area contributed by atoms with Gasteiger partial charge in [0.2, 0.25) is 0 Å². The van der Waals surface area contributed by atoms with Crippen LogP contribution in [0.5, 0.6) is 0 Å². The second-order valence-corrected chi connectivity index (χ2v) is 7.44. The Morgan fingerprint density at radius 2 is 1.73 bits per heavy atom. The topological polar surface area (TPSA) is 146 Å². The fourth-order valence-corrected chi connectivity index (χ4v) is 3.46. The molecule has 3 amide bonds. The highest BCUT2D eigenvalue weighted by Crippen LogP contribution is 2.25. The molecule has 1 atom stereocenters. The Balaban J connectivity index is 1.69. The number of carbonyl (C=O) groups is 3. The van der Waals surface area contributed by atoms with E-state index >= 15 is 0 Å². The van der Waals surface area contributed by atoms with Crippen LogP contribution in [0.1, 0.15) is 23.5 Å². The quantitative estimate of drug-likeness (QED) is 0.312. The van der Waals surface area contributed by atoms with Gasteiger partial charge >= 0.3 is 12.2 Å². The van der Waals surface area contributed by atoms with Gasteiger partial charge in [0.25, 0.3) is 5.91 Å². The van der Waals surface area contributed by atoms with E-state index in [0.29, 0.717) is 18.4 Å². The minimum atomic E-state index is -1.24. The Morgan fingerprint density at radius 3 is 2.39 bits per heavy atom. The zero-order chi connectivity index (χ0) is 24.0. The predicted octanol–water partition coefficient (Wildman–Crippen LogP) is 2.79. The van der Waals surface area contributed by atoms with Crippen molar-refractivity contribution in [3.05, 3.63) is 54.1 Å². The fourth-order valence-electron chi connectivity index (χ4n) is 3.46. The highest BCUT2D eigenvalue weighted by molar-refractivity contribution is 5.95. The molecule has 174 valence electrons. The summed E-state index contributed by atoms with van der Waals surface area (Å²) in [5, 5.41) is 24.8. The molecule has 3 aromatic rings. The number of amides is 3. The van der Waals surface area contributed by atoms with Crippen molar-refractivity contribution >= 4 is 29.1 Å². The molecule has 33 heavy (non-hydrogen) atoms. The van der Waals surface area contributed by atoms with Gasteiger partial charge in [0, 0.05) is 26.2 Å². The molecule has 0 radical (unpaired) electrons. The number of rotatable bonds is 9. The lowest BCUT2D eigenvalue weighted by atomic mass is 10.1. The largest absolute Gasteiger partial charge is 0.465 e. The summed E-state index contributed by atoms with van der Waals surface area (Å²) >= 11 is 0. The van der Waals surface area contributed by atoms with Gasteiger partial charge in [-0.2, -0.15) is 0 Å². The number of aromatic nitrogens is 2. The molecule has 11 heteroatoms. The summed E-state index contributed by atoms with van der Waals surface area (Å²) in [7, 11) is 1.70. The molecule has 1 unspecified atom stereocenters. The summed E-state index contributed by atoms with van der Waals surface area (Å²) in [6, 6.07) is 11.0. The molecule has 10 nitrogen and oxygen atoms in total. The van der Waals surface area contributed by atoms with Crippen LogP contribution in [0.25, 0.3) is 22.2 Å².